The van der Waals surface area contributed by atoms with Gasteiger partial charge in [-0.3, -0.25) is 44.1 Å². The Morgan fingerprint density at radius 1 is 0.565 bits per heavy atom. The zero-order chi connectivity index (χ0) is 17.6. The molecular weight excluding hydrogens is 310 g/mol. The van der Waals surface area contributed by atoms with Gasteiger partial charge in [-0.2, -0.15) is 0 Å². The van der Waals surface area contributed by atoms with Crippen molar-refractivity contribution in [3.8, 4) is 0 Å². The molecule has 8 amide bonds. The normalized spacial score (nSPS) is 21.9. The lowest BCUT2D eigenvalue weighted by molar-refractivity contribution is -0.148. The fourth-order valence-electron chi connectivity index (χ4n) is 2.26. The molecule has 2 rings (SSSR count). The third kappa shape index (κ3) is 2.34. The first-order valence-corrected chi connectivity index (χ1v) is 6.53. The van der Waals surface area contributed by atoms with Crippen LogP contribution in [-0.2, 0) is 19.2 Å². The lowest BCUT2D eigenvalue weighted by atomic mass is 10.1. The molecule has 0 aliphatic carbocycles. The molecule has 11 nitrogen and oxygen atoms in total. The van der Waals surface area contributed by atoms with Crippen molar-refractivity contribution in [1.82, 2.24) is 24.9 Å². The highest BCUT2D eigenvalue weighted by Gasteiger charge is 2.49. The lowest BCUT2D eigenvalue weighted by Crippen LogP contribution is -2.71. The van der Waals surface area contributed by atoms with E-state index in [1.54, 1.807) is 0 Å². The third-order valence-electron chi connectivity index (χ3n) is 3.79. The zero-order valence-electron chi connectivity index (χ0n) is 12.9. The monoisotopic (exact) mass is 325 g/mol. The van der Waals surface area contributed by atoms with Crippen LogP contribution in [0.1, 0.15) is 0 Å². The van der Waals surface area contributed by atoms with Gasteiger partial charge in [0.2, 0.25) is 0 Å². The first-order chi connectivity index (χ1) is 10.6. The van der Waals surface area contributed by atoms with Crippen molar-refractivity contribution in [3.05, 3.63) is 0 Å². The van der Waals surface area contributed by atoms with Crippen LogP contribution in [0.3, 0.4) is 0 Å². The Bertz CT molecular complexity index is 544. The van der Waals surface area contributed by atoms with Crippen molar-refractivity contribution < 1.29 is 28.8 Å². The standard InChI is InChI=1S/C12H15N5O6/c1-14-7(18)5(8(19)15(2)11(14)22)13-6-9(20)16(3)12(23)17(4)10(6)21/h5-6,13H,1-4H3. The predicted octanol–water partition coefficient (Wildman–Crippen LogP) is -2.59. The third-order valence-corrected chi connectivity index (χ3v) is 3.79. The van der Waals surface area contributed by atoms with E-state index in [0.717, 1.165) is 0 Å². The maximum Gasteiger partial charge on any atom is 0.332 e. The number of hydrogen-bond acceptors (Lipinski definition) is 7. The molecule has 2 saturated heterocycles. The average molecular weight is 325 g/mol. The summed E-state index contributed by atoms with van der Waals surface area (Å²) < 4.78 is 0. The fraction of sp³-hybridized carbons (Fsp3) is 0.500. The Morgan fingerprint density at radius 3 is 1.00 bits per heavy atom. The number of rotatable bonds is 2. The van der Waals surface area contributed by atoms with Crippen LogP contribution in [0, 0.1) is 0 Å². The van der Waals surface area contributed by atoms with Gasteiger partial charge in [-0.05, 0) is 0 Å². The van der Waals surface area contributed by atoms with Gasteiger partial charge in [0.1, 0.15) is 0 Å². The van der Waals surface area contributed by atoms with Crippen LogP contribution in [0.15, 0.2) is 0 Å². The van der Waals surface area contributed by atoms with E-state index >= 15 is 0 Å². The topological polar surface area (TPSA) is 127 Å². The molecule has 1 N–H and O–H groups in total. The summed E-state index contributed by atoms with van der Waals surface area (Å²) in [5, 5.41) is 2.35. The number of amides is 8. The van der Waals surface area contributed by atoms with Gasteiger partial charge >= 0.3 is 12.1 Å². The Morgan fingerprint density at radius 2 is 0.783 bits per heavy atom. The Labute approximate surface area is 130 Å². The number of nitrogens with zero attached hydrogens (tertiary/aromatic N) is 4. The second-order valence-electron chi connectivity index (χ2n) is 5.19. The van der Waals surface area contributed by atoms with Crippen molar-refractivity contribution >= 4 is 35.7 Å². The molecule has 2 fully saturated rings. The van der Waals surface area contributed by atoms with E-state index in [1.165, 1.54) is 28.2 Å². The first kappa shape index (κ1) is 16.5. The van der Waals surface area contributed by atoms with Crippen LogP contribution in [0.5, 0.6) is 0 Å². The molecule has 11 heteroatoms. The summed E-state index contributed by atoms with van der Waals surface area (Å²) in [6, 6.07) is -4.78. The Hall–Kier alpha value is -2.82. The summed E-state index contributed by atoms with van der Waals surface area (Å²) in [7, 11) is 4.70. The molecule has 2 heterocycles. The Kier molecular flexibility index (Phi) is 3.90. The van der Waals surface area contributed by atoms with Crippen LogP contribution in [0.4, 0.5) is 9.59 Å². The number of barbiturate groups is 2. The molecule has 0 unspecified atom stereocenters. The maximum absolute atomic E-state index is 12.1. The molecule has 2 aliphatic heterocycles. The minimum Gasteiger partial charge on any atom is -0.279 e. The molecule has 0 saturated carbocycles. The molecule has 0 spiro atoms. The summed E-state index contributed by atoms with van der Waals surface area (Å²) in [5.74, 6) is -3.55. The summed E-state index contributed by atoms with van der Waals surface area (Å²) in [6.07, 6.45) is 0. The van der Waals surface area contributed by atoms with Gasteiger partial charge in [-0.15, -0.1) is 0 Å². The summed E-state index contributed by atoms with van der Waals surface area (Å²) in [4.78, 5) is 74.4. The molecule has 0 aromatic carbocycles. The molecule has 23 heavy (non-hydrogen) atoms. The van der Waals surface area contributed by atoms with Gasteiger partial charge in [0, 0.05) is 28.2 Å². The van der Waals surface area contributed by atoms with Gasteiger partial charge in [-0.25, -0.2) is 9.59 Å². The van der Waals surface area contributed by atoms with E-state index in [2.05, 4.69) is 5.32 Å². The van der Waals surface area contributed by atoms with E-state index in [9.17, 15) is 28.8 Å². The van der Waals surface area contributed by atoms with Crippen LogP contribution >= 0.6 is 0 Å². The highest BCUT2D eigenvalue weighted by atomic mass is 16.2. The largest absolute Gasteiger partial charge is 0.332 e. The van der Waals surface area contributed by atoms with Crippen molar-refractivity contribution in [2.24, 2.45) is 0 Å². The van der Waals surface area contributed by atoms with Crippen LogP contribution in [0.25, 0.3) is 0 Å². The van der Waals surface area contributed by atoms with Gasteiger partial charge in [0.05, 0.1) is 0 Å². The van der Waals surface area contributed by atoms with Crippen molar-refractivity contribution in [2.75, 3.05) is 28.2 Å². The number of urea groups is 2. The molecule has 2 aliphatic rings. The van der Waals surface area contributed by atoms with E-state index < -0.39 is 47.8 Å². The second-order valence-corrected chi connectivity index (χ2v) is 5.19. The molecule has 0 atom stereocenters. The number of carbonyl (C=O) groups is 6. The van der Waals surface area contributed by atoms with E-state index in [-0.39, 0.29) is 0 Å². The lowest BCUT2D eigenvalue weighted by Gasteiger charge is -2.37. The molecule has 0 aromatic heterocycles. The number of imide groups is 4. The van der Waals surface area contributed by atoms with Crippen LogP contribution in [-0.4, -0.2) is 95.6 Å². The highest BCUT2D eigenvalue weighted by molar-refractivity contribution is 6.21. The summed E-state index contributed by atoms with van der Waals surface area (Å²) in [5.41, 5.74) is 0. The van der Waals surface area contributed by atoms with Crippen LogP contribution in [0.2, 0.25) is 0 Å². The highest BCUT2D eigenvalue weighted by Crippen LogP contribution is 2.14. The smallest absolute Gasteiger partial charge is 0.279 e. The van der Waals surface area contributed by atoms with Gasteiger partial charge < -0.3 is 0 Å². The molecule has 0 aromatic rings. The van der Waals surface area contributed by atoms with Crippen molar-refractivity contribution in [1.29, 1.82) is 0 Å². The molecule has 0 radical (unpaired) electrons. The van der Waals surface area contributed by atoms with E-state index in [4.69, 9.17) is 0 Å². The fourth-order valence-corrected chi connectivity index (χ4v) is 2.26. The number of hydrogen-bond donors (Lipinski definition) is 1. The number of carbonyl (C=O) groups excluding carboxylic acids is 6. The SMILES string of the molecule is CN1C(=O)C(NC2C(=O)N(C)C(=O)N(C)C2=O)C(=O)N(C)C1=O. The average Bonchev–Trinajstić information content (AvgIpc) is 2.54. The summed E-state index contributed by atoms with van der Waals surface area (Å²) in [6.45, 7) is 0. The minimum atomic E-state index is -1.57. The van der Waals surface area contributed by atoms with Gasteiger partial charge in [0.15, 0.2) is 12.1 Å². The number of likely N-dealkylation sites (N-methyl/N-ethyl adjacent to an activating group) is 4. The van der Waals surface area contributed by atoms with Gasteiger partial charge in [0.25, 0.3) is 23.6 Å². The summed E-state index contributed by atoms with van der Waals surface area (Å²) >= 11 is 0. The van der Waals surface area contributed by atoms with Gasteiger partial charge in [-0.1, -0.05) is 0 Å². The van der Waals surface area contributed by atoms with Crippen molar-refractivity contribution in [2.45, 2.75) is 12.1 Å². The van der Waals surface area contributed by atoms with E-state index in [1.807, 2.05) is 0 Å². The predicted molar refractivity (Wildman–Crippen MR) is 72.6 cm³/mol. The van der Waals surface area contributed by atoms with Crippen molar-refractivity contribution in [3.63, 3.8) is 0 Å². The van der Waals surface area contributed by atoms with E-state index in [0.29, 0.717) is 19.6 Å². The maximum atomic E-state index is 12.1. The zero-order valence-corrected chi connectivity index (χ0v) is 12.9. The van der Waals surface area contributed by atoms with Crippen LogP contribution < -0.4 is 5.32 Å². The molecule has 124 valence electrons. The Balaban J connectivity index is 2.30. The number of nitrogens with one attached hydrogen (secondary N) is 1. The quantitative estimate of drug-likeness (QED) is 0.552. The molecular formula is C12H15N5O6. The first-order valence-electron chi connectivity index (χ1n) is 6.53. The second kappa shape index (κ2) is 5.43. The molecule has 0 bridgehead atoms. The minimum absolute atomic E-state index is 0.704.